The molecule has 2 rings (SSSR count). The highest BCUT2D eigenvalue weighted by Gasteiger charge is 2.38. The number of hydrogen-bond acceptors (Lipinski definition) is 3. The van der Waals surface area contributed by atoms with Gasteiger partial charge in [-0.15, -0.1) is 0 Å². The summed E-state index contributed by atoms with van der Waals surface area (Å²) in [4.78, 5) is 2.20. The van der Waals surface area contributed by atoms with Gasteiger partial charge in [-0.25, -0.2) is 8.78 Å². The maximum absolute atomic E-state index is 13.8. The van der Waals surface area contributed by atoms with Gasteiger partial charge < -0.3 is 9.84 Å². The summed E-state index contributed by atoms with van der Waals surface area (Å²) < 4.78 is 32.1. The zero-order valence-electron chi connectivity index (χ0n) is 12.6. The number of rotatable bonds is 5. The summed E-state index contributed by atoms with van der Waals surface area (Å²) in [5.74, 6) is -1.20. The average molecular weight is 299 g/mol. The van der Waals surface area contributed by atoms with E-state index >= 15 is 0 Å². The molecule has 5 heteroatoms. The third-order valence-corrected chi connectivity index (χ3v) is 4.60. The Labute approximate surface area is 124 Å². The molecule has 1 fully saturated rings. The monoisotopic (exact) mass is 299 g/mol. The topological polar surface area (TPSA) is 32.7 Å². The van der Waals surface area contributed by atoms with Crippen LogP contribution in [0.25, 0.3) is 0 Å². The van der Waals surface area contributed by atoms with Gasteiger partial charge in [-0.2, -0.15) is 0 Å². The molecule has 1 N–H and O–H groups in total. The lowest BCUT2D eigenvalue weighted by atomic mass is 9.85. The molecule has 0 radical (unpaired) electrons. The van der Waals surface area contributed by atoms with Crippen LogP contribution in [0.2, 0.25) is 0 Å². The molecule has 0 amide bonds. The Morgan fingerprint density at radius 3 is 2.57 bits per heavy atom. The van der Waals surface area contributed by atoms with Crippen LogP contribution in [-0.2, 0) is 11.2 Å². The molecule has 1 saturated heterocycles. The Hall–Kier alpha value is -1.04. The third-order valence-electron chi connectivity index (χ3n) is 4.60. The fraction of sp³-hybridized carbons (Fsp3) is 0.625. The number of aliphatic hydroxyl groups excluding tert-OH is 1. The van der Waals surface area contributed by atoms with Crippen molar-refractivity contribution in [1.29, 1.82) is 0 Å². The van der Waals surface area contributed by atoms with E-state index in [9.17, 15) is 13.9 Å². The van der Waals surface area contributed by atoms with Gasteiger partial charge in [0.05, 0.1) is 19.3 Å². The number of nitrogens with zero attached hydrogens (tertiary/aromatic N) is 1. The fourth-order valence-electron chi connectivity index (χ4n) is 2.86. The highest BCUT2D eigenvalue weighted by molar-refractivity contribution is 5.20. The third kappa shape index (κ3) is 3.59. The van der Waals surface area contributed by atoms with E-state index in [-0.39, 0.29) is 6.42 Å². The van der Waals surface area contributed by atoms with Crippen LogP contribution >= 0.6 is 0 Å². The second-order valence-electron chi connectivity index (χ2n) is 5.77. The molecular formula is C16H23F2NO2. The second kappa shape index (κ2) is 6.81. The lowest BCUT2D eigenvalue weighted by Crippen LogP contribution is -2.58. The molecule has 0 spiro atoms. The maximum Gasteiger partial charge on any atom is 0.129 e. The highest BCUT2D eigenvalue weighted by Crippen LogP contribution is 2.27. The molecule has 1 aliphatic heterocycles. The van der Waals surface area contributed by atoms with Gasteiger partial charge in [-0.05, 0) is 25.0 Å². The molecule has 1 aliphatic rings. The van der Waals surface area contributed by atoms with Gasteiger partial charge in [0.1, 0.15) is 11.6 Å². The number of halogens is 2. The average Bonchev–Trinajstić information content (AvgIpc) is 2.50. The Morgan fingerprint density at radius 1 is 1.33 bits per heavy atom. The maximum atomic E-state index is 13.8. The summed E-state index contributed by atoms with van der Waals surface area (Å²) in [7, 11) is 0. The number of ether oxygens (including phenoxy) is 1. The Morgan fingerprint density at radius 2 is 2.00 bits per heavy atom. The minimum Gasteiger partial charge on any atom is -0.391 e. The van der Waals surface area contributed by atoms with Crippen molar-refractivity contribution < 1.29 is 18.6 Å². The normalized spacial score (nSPS) is 21.0. The van der Waals surface area contributed by atoms with Crippen LogP contribution in [-0.4, -0.2) is 48.0 Å². The summed E-state index contributed by atoms with van der Waals surface area (Å²) in [6.07, 6.45) is 0.200. The number of hydrogen-bond donors (Lipinski definition) is 1. The van der Waals surface area contributed by atoms with E-state index in [2.05, 4.69) is 4.90 Å². The van der Waals surface area contributed by atoms with E-state index in [0.717, 1.165) is 25.6 Å². The van der Waals surface area contributed by atoms with E-state index in [1.54, 1.807) is 0 Å². The SMILES string of the molecule is CCC(C)(C(O)Cc1ccc(F)cc1F)N1CCOCC1. The first-order chi connectivity index (χ1) is 9.97. The van der Waals surface area contributed by atoms with Crippen LogP contribution in [0.4, 0.5) is 8.78 Å². The Bertz CT molecular complexity index is 477. The van der Waals surface area contributed by atoms with Crippen LogP contribution in [0.5, 0.6) is 0 Å². The first kappa shape index (κ1) is 16.3. The summed E-state index contributed by atoms with van der Waals surface area (Å²) >= 11 is 0. The Kier molecular flexibility index (Phi) is 5.30. The minimum absolute atomic E-state index is 0.174. The van der Waals surface area contributed by atoms with Crippen molar-refractivity contribution >= 4 is 0 Å². The molecule has 0 aliphatic carbocycles. The quantitative estimate of drug-likeness (QED) is 0.906. The predicted molar refractivity (Wildman–Crippen MR) is 77.2 cm³/mol. The van der Waals surface area contributed by atoms with E-state index in [4.69, 9.17) is 4.74 Å². The molecule has 0 bridgehead atoms. The molecular weight excluding hydrogens is 276 g/mol. The van der Waals surface area contributed by atoms with Crippen molar-refractivity contribution in [2.24, 2.45) is 0 Å². The van der Waals surface area contributed by atoms with E-state index < -0.39 is 23.3 Å². The van der Waals surface area contributed by atoms with Gasteiger partial charge >= 0.3 is 0 Å². The smallest absolute Gasteiger partial charge is 0.129 e. The summed E-state index contributed by atoms with van der Waals surface area (Å²) in [5, 5.41) is 10.6. The number of aliphatic hydroxyl groups is 1. The van der Waals surface area contributed by atoms with E-state index in [1.165, 1.54) is 12.1 Å². The molecule has 1 aromatic carbocycles. The molecule has 2 unspecified atom stereocenters. The van der Waals surface area contributed by atoms with Crippen LogP contribution in [0.1, 0.15) is 25.8 Å². The molecule has 118 valence electrons. The standard InChI is InChI=1S/C16H23F2NO2/c1-3-16(2,19-6-8-21-9-7-19)15(20)10-12-4-5-13(17)11-14(12)18/h4-5,11,15,20H,3,6-10H2,1-2H3. The zero-order valence-corrected chi connectivity index (χ0v) is 12.6. The molecule has 1 heterocycles. The highest BCUT2D eigenvalue weighted by atomic mass is 19.1. The molecule has 1 aromatic rings. The van der Waals surface area contributed by atoms with Gasteiger partial charge in [0.25, 0.3) is 0 Å². The van der Waals surface area contributed by atoms with Crippen LogP contribution in [0.15, 0.2) is 18.2 Å². The van der Waals surface area contributed by atoms with Gasteiger partial charge in [0.2, 0.25) is 0 Å². The largest absolute Gasteiger partial charge is 0.391 e. The molecule has 21 heavy (non-hydrogen) atoms. The summed E-state index contributed by atoms with van der Waals surface area (Å²) in [6, 6.07) is 3.49. The van der Waals surface area contributed by atoms with E-state index in [0.29, 0.717) is 18.8 Å². The summed E-state index contributed by atoms with van der Waals surface area (Å²) in [5.41, 5.74) is -0.0956. The van der Waals surface area contributed by atoms with Gasteiger partial charge in [-0.3, -0.25) is 4.90 Å². The van der Waals surface area contributed by atoms with Crippen molar-refractivity contribution in [3.05, 3.63) is 35.4 Å². The number of benzene rings is 1. The van der Waals surface area contributed by atoms with Crippen molar-refractivity contribution in [2.45, 2.75) is 38.3 Å². The van der Waals surface area contributed by atoms with Gasteiger partial charge in [0, 0.05) is 31.1 Å². The zero-order chi connectivity index (χ0) is 15.5. The van der Waals surface area contributed by atoms with Crippen molar-refractivity contribution in [3.8, 4) is 0 Å². The molecule has 2 atom stereocenters. The van der Waals surface area contributed by atoms with E-state index in [1.807, 2.05) is 13.8 Å². The molecule has 3 nitrogen and oxygen atoms in total. The fourth-order valence-corrected chi connectivity index (χ4v) is 2.86. The van der Waals surface area contributed by atoms with Crippen molar-refractivity contribution in [2.75, 3.05) is 26.3 Å². The van der Waals surface area contributed by atoms with Crippen LogP contribution in [0, 0.1) is 11.6 Å². The van der Waals surface area contributed by atoms with Crippen LogP contribution in [0.3, 0.4) is 0 Å². The Balaban J connectivity index is 2.13. The van der Waals surface area contributed by atoms with Crippen molar-refractivity contribution in [3.63, 3.8) is 0 Å². The first-order valence-corrected chi connectivity index (χ1v) is 7.42. The first-order valence-electron chi connectivity index (χ1n) is 7.42. The lowest BCUT2D eigenvalue weighted by molar-refractivity contribution is -0.0716. The second-order valence-corrected chi connectivity index (χ2v) is 5.77. The van der Waals surface area contributed by atoms with Gasteiger partial charge in [0.15, 0.2) is 0 Å². The molecule has 0 saturated carbocycles. The minimum atomic E-state index is -0.722. The number of morpholine rings is 1. The van der Waals surface area contributed by atoms with Crippen LogP contribution < -0.4 is 0 Å². The summed E-state index contributed by atoms with van der Waals surface area (Å²) in [6.45, 7) is 6.81. The lowest BCUT2D eigenvalue weighted by Gasteiger charge is -2.46. The predicted octanol–water partition coefficient (Wildman–Crippen LogP) is 2.37. The van der Waals surface area contributed by atoms with Gasteiger partial charge in [-0.1, -0.05) is 13.0 Å². The van der Waals surface area contributed by atoms with Crippen molar-refractivity contribution in [1.82, 2.24) is 4.90 Å². The molecule has 0 aromatic heterocycles.